The molecule has 164 valence electrons. The maximum absolute atomic E-state index is 10.8. The van der Waals surface area contributed by atoms with Crippen molar-refractivity contribution in [3.63, 3.8) is 0 Å². The molecule has 0 bridgehead atoms. The van der Waals surface area contributed by atoms with Gasteiger partial charge in [-0.05, 0) is 50.0 Å². The van der Waals surface area contributed by atoms with Crippen LogP contribution in [-0.4, -0.2) is 39.2 Å². The van der Waals surface area contributed by atoms with Crippen LogP contribution in [-0.2, 0) is 6.54 Å². The van der Waals surface area contributed by atoms with Crippen LogP contribution in [0.1, 0.15) is 67.2 Å². The van der Waals surface area contributed by atoms with Crippen LogP contribution in [0, 0.1) is 5.92 Å². The Kier molecular flexibility index (Phi) is 7.10. The van der Waals surface area contributed by atoms with Crippen molar-refractivity contribution in [3.05, 3.63) is 65.2 Å². The van der Waals surface area contributed by atoms with Gasteiger partial charge in [0.25, 0.3) is 0 Å². The lowest BCUT2D eigenvalue weighted by atomic mass is 9.91. The first kappa shape index (κ1) is 21.7. The van der Waals surface area contributed by atoms with E-state index in [9.17, 15) is 4.79 Å². The number of hydrogen-bond acceptors (Lipinski definition) is 5. The van der Waals surface area contributed by atoms with Gasteiger partial charge in [0, 0.05) is 42.6 Å². The fraction of sp³-hybridized carbons (Fsp3) is 0.480. The van der Waals surface area contributed by atoms with Crippen molar-refractivity contribution in [1.29, 1.82) is 0 Å². The molecule has 1 aromatic heterocycles. The molecule has 31 heavy (non-hydrogen) atoms. The fourth-order valence-corrected chi connectivity index (χ4v) is 4.61. The Morgan fingerprint density at radius 1 is 1.10 bits per heavy atom. The third kappa shape index (κ3) is 5.99. The van der Waals surface area contributed by atoms with E-state index in [1.807, 2.05) is 0 Å². The second-order valence-electron chi connectivity index (χ2n) is 8.75. The highest BCUT2D eigenvalue weighted by Crippen LogP contribution is 2.40. The van der Waals surface area contributed by atoms with E-state index in [-0.39, 0.29) is 5.82 Å². The minimum Gasteiger partial charge on any atom is -0.475 e. The Labute approximate surface area is 184 Å². The van der Waals surface area contributed by atoms with Crippen molar-refractivity contribution in [3.8, 4) is 0 Å². The van der Waals surface area contributed by atoms with Crippen LogP contribution in [0.4, 0.5) is 0 Å². The molecule has 2 atom stereocenters. The highest BCUT2D eigenvalue weighted by molar-refractivity contribution is 5.82. The number of aromatic nitrogens is 2. The average molecular weight is 421 g/mol. The van der Waals surface area contributed by atoms with E-state index in [0.717, 1.165) is 24.8 Å². The Morgan fingerprint density at radius 2 is 1.77 bits per heavy atom. The van der Waals surface area contributed by atoms with Crippen molar-refractivity contribution in [2.75, 3.05) is 0 Å². The first-order chi connectivity index (χ1) is 15.1. The summed E-state index contributed by atoms with van der Waals surface area (Å²) in [7, 11) is 0. The summed E-state index contributed by atoms with van der Waals surface area (Å²) >= 11 is 0. The van der Waals surface area contributed by atoms with Gasteiger partial charge in [-0.1, -0.05) is 48.9 Å². The largest absolute Gasteiger partial charge is 0.475 e. The van der Waals surface area contributed by atoms with Gasteiger partial charge >= 0.3 is 5.97 Å². The SMILES string of the molecule is CC/C(=C\c1ccccc1)C1CC1N[C@H]1CC[C@H](NCc2cnc(C(=O)O)nc2)CC1. The minimum absolute atomic E-state index is 0.154. The van der Waals surface area contributed by atoms with Crippen LogP contribution in [0.3, 0.4) is 0 Å². The summed E-state index contributed by atoms with van der Waals surface area (Å²) in [6.45, 7) is 2.94. The van der Waals surface area contributed by atoms with Gasteiger partial charge in [-0.3, -0.25) is 0 Å². The zero-order valence-corrected chi connectivity index (χ0v) is 18.1. The molecule has 0 aliphatic heterocycles. The molecular formula is C25H32N4O2. The predicted octanol–water partition coefficient (Wildman–Crippen LogP) is 4.05. The number of nitrogens with zero attached hydrogens (tertiary/aromatic N) is 2. The zero-order valence-electron chi connectivity index (χ0n) is 18.1. The van der Waals surface area contributed by atoms with Gasteiger partial charge < -0.3 is 15.7 Å². The predicted molar refractivity (Wildman–Crippen MR) is 122 cm³/mol. The molecule has 4 rings (SSSR count). The fourth-order valence-electron chi connectivity index (χ4n) is 4.61. The quantitative estimate of drug-likeness (QED) is 0.567. The summed E-state index contributed by atoms with van der Waals surface area (Å²) in [5.74, 6) is -0.557. The molecule has 6 nitrogen and oxygen atoms in total. The molecule has 1 aromatic carbocycles. The second-order valence-corrected chi connectivity index (χ2v) is 8.75. The van der Waals surface area contributed by atoms with Gasteiger partial charge in [-0.25, -0.2) is 14.8 Å². The zero-order chi connectivity index (χ0) is 21.6. The van der Waals surface area contributed by atoms with E-state index < -0.39 is 5.97 Å². The summed E-state index contributed by atoms with van der Waals surface area (Å²) in [4.78, 5) is 18.6. The van der Waals surface area contributed by atoms with Crippen molar-refractivity contribution < 1.29 is 9.90 Å². The van der Waals surface area contributed by atoms with E-state index >= 15 is 0 Å². The highest BCUT2D eigenvalue weighted by atomic mass is 16.4. The second kappa shape index (κ2) is 10.2. The van der Waals surface area contributed by atoms with Crippen LogP contribution < -0.4 is 10.6 Å². The van der Waals surface area contributed by atoms with Gasteiger partial charge in [0.15, 0.2) is 0 Å². The van der Waals surface area contributed by atoms with Crippen molar-refractivity contribution >= 4 is 12.0 Å². The van der Waals surface area contributed by atoms with Crippen LogP contribution in [0.15, 0.2) is 48.3 Å². The normalized spacial score (nSPS) is 25.9. The first-order valence-corrected chi connectivity index (χ1v) is 11.4. The third-order valence-corrected chi connectivity index (χ3v) is 6.50. The van der Waals surface area contributed by atoms with Gasteiger partial charge in [0.1, 0.15) is 0 Å². The lowest BCUT2D eigenvalue weighted by Crippen LogP contribution is -2.40. The van der Waals surface area contributed by atoms with Crippen LogP contribution in [0.5, 0.6) is 0 Å². The van der Waals surface area contributed by atoms with Crippen molar-refractivity contribution in [2.45, 2.75) is 70.1 Å². The summed E-state index contributed by atoms with van der Waals surface area (Å²) in [6, 6.07) is 12.4. The summed E-state index contributed by atoms with van der Waals surface area (Å²) < 4.78 is 0. The molecule has 1 heterocycles. The molecule has 2 aliphatic carbocycles. The van der Waals surface area contributed by atoms with Crippen LogP contribution >= 0.6 is 0 Å². The maximum atomic E-state index is 10.8. The molecule has 2 fully saturated rings. The number of carbonyl (C=O) groups is 1. The number of nitrogens with one attached hydrogen (secondary N) is 2. The molecule has 2 saturated carbocycles. The lowest BCUT2D eigenvalue weighted by molar-refractivity contribution is 0.0683. The minimum atomic E-state index is -1.09. The number of benzene rings is 1. The van der Waals surface area contributed by atoms with Crippen molar-refractivity contribution in [1.82, 2.24) is 20.6 Å². The van der Waals surface area contributed by atoms with Crippen molar-refractivity contribution in [2.24, 2.45) is 5.92 Å². The number of rotatable bonds is 9. The molecular weight excluding hydrogens is 388 g/mol. The number of hydrogen-bond donors (Lipinski definition) is 3. The Bertz CT molecular complexity index is 889. The summed E-state index contributed by atoms with van der Waals surface area (Å²) in [6.07, 6.45) is 12.6. The molecule has 2 aliphatic rings. The average Bonchev–Trinajstić information content (AvgIpc) is 3.56. The lowest BCUT2D eigenvalue weighted by Gasteiger charge is -2.30. The van der Waals surface area contributed by atoms with Crippen LogP contribution in [0.2, 0.25) is 0 Å². The van der Waals surface area contributed by atoms with Crippen LogP contribution in [0.25, 0.3) is 6.08 Å². The molecule has 6 heteroatoms. The molecule has 2 aromatic rings. The van der Waals surface area contributed by atoms with Gasteiger partial charge in [0.05, 0.1) is 0 Å². The molecule has 2 unspecified atom stereocenters. The van der Waals surface area contributed by atoms with E-state index in [0.29, 0.717) is 30.6 Å². The first-order valence-electron chi connectivity index (χ1n) is 11.4. The molecule has 0 amide bonds. The number of carboxylic acid groups (broad SMARTS) is 1. The molecule has 0 radical (unpaired) electrons. The Morgan fingerprint density at radius 3 is 2.42 bits per heavy atom. The summed E-state index contributed by atoms with van der Waals surface area (Å²) in [5.41, 5.74) is 3.79. The maximum Gasteiger partial charge on any atom is 0.373 e. The van der Waals surface area contributed by atoms with E-state index in [2.05, 4.69) is 63.9 Å². The number of carboxylic acids is 1. The molecule has 0 saturated heterocycles. The highest BCUT2D eigenvalue weighted by Gasteiger charge is 2.40. The molecule has 0 spiro atoms. The topological polar surface area (TPSA) is 87.1 Å². The van der Waals surface area contributed by atoms with E-state index in [4.69, 9.17) is 5.11 Å². The monoisotopic (exact) mass is 420 g/mol. The standard InChI is InChI=1S/C25H32N4O2/c1-2-19(12-17-6-4-3-5-7-17)22-13-23(22)29-21-10-8-20(9-11-21)26-14-18-15-27-24(25(30)31)28-16-18/h3-7,12,15-16,20-23,26,29H,2,8-11,13-14H2,1H3,(H,30,31)/b19-12+/t20-,21-,22?,23?. The van der Waals surface area contributed by atoms with E-state index in [1.165, 1.54) is 24.8 Å². The van der Waals surface area contributed by atoms with Gasteiger partial charge in [0.2, 0.25) is 5.82 Å². The molecule has 3 N–H and O–H groups in total. The summed E-state index contributed by atoms with van der Waals surface area (Å²) in [5, 5.41) is 16.4. The Balaban J connectivity index is 1.18. The van der Waals surface area contributed by atoms with Gasteiger partial charge in [-0.2, -0.15) is 0 Å². The number of aromatic carboxylic acids is 1. The Hall–Kier alpha value is -2.57. The van der Waals surface area contributed by atoms with E-state index in [1.54, 1.807) is 18.0 Å². The van der Waals surface area contributed by atoms with Gasteiger partial charge in [-0.15, -0.1) is 0 Å². The smallest absolute Gasteiger partial charge is 0.373 e. The third-order valence-electron chi connectivity index (χ3n) is 6.50.